The van der Waals surface area contributed by atoms with Gasteiger partial charge in [0.1, 0.15) is 5.15 Å². The summed E-state index contributed by atoms with van der Waals surface area (Å²) in [6.45, 7) is 0. The van der Waals surface area contributed by atoms with Crippen LogP contribution in [0, 0.1) is 6.07 Å². The van der Waals surface area contributed by atoms with Gasteiger partial charge in [-0.1, -0.05) is 11.6 Å². The van der Waals surface area contributed by atoms with E-state index in [9.17, 15) is 0 Å². The summed E-state index contributed by atoms with van der Waals surface area (Å²) in [6.07, 6.45) is 1.53. The molecular weight excluding hydrogens is 248 g/mol. The molecule has 0 aliphatic heterocycles. The van der Waals surface area contributed by atoms with E-state index in [2.05, 4.69) is 16.0 Å². The van der Waals surface area contributed by atoms with Crippen LogP contribution in [0.25, 0.3) is 11.0 Å². The first-order chi connectivity index (χ1) is 5.36. The fourth-order valence-corrected chi connectivity index (χ4v) is 1.02. The molecule has 0 spiro atoms. The van der Waals surface area contributed by atoms with Gasteiger partial charge >= 0.3 is 0 Å². The number of hydrogen-bond acceptors (Lipinski definition) is 2. The minimum atomic E-state index is 0. The minimum absolute atomic E-state index is 0. The van der Waals surface area contributed by atoms with Crippen molar-refractivity contribution in [3.63, 3.8) is 0 Å². The van der Waals surface area contributed by atoms with Crippen LogP contribution in [0.2, 0.25) is 5.15 Å². The van der Waals surface area contributed by atoms with Crippen LogP contribution in [0.4, 0.5) is 0 Å². The molecular formula is C8H4ClN2Y-. The van der Waals surface area contributed by atoms with Crippen LogP contribution < -0.4 is 0 Å². The Hall–Kier alpha value is -0.0461. The van der Waals surface area contributed by atoms with Gasteiger partial charge in [-0.05, 0) is 11.0 Å². The van der Waals surface area contributed by atoms with Crippen molar-refractivity contribution in [3.05, 3.63) is 35.6 Å². The monoisotopic (exact) mass is 252 g/mol. The molecule has 1 aromatic carbocycles. The van der Waals surface area contributed by atoms with Crippen molar-refractivity contribution >= 4 is 22.6 Å². The molecule has 2 nitrogen and oxygen atoms in total. The number of rotatable bonds is 0. The van der Waals surface area contributed by atoms with Crippen LogP contribution in [0.1, 0.15) is 0 Å². The summed E-state index contributed by atoms with van der Waals surface area (Å²) >= 11 is 5.63. The molecule has 0 aliphatic carbocycles. The first-order valence-electron chi connectivity index (χ1n) is 3.14. The number of halogens is 1. The fraction of sp³-hybridized carbons (Fsp3) is 0. The molecule has 0 N–H and O–H groups in total. The number of fused-ring (bicyclic) bond motifs is 1. The third-order valence-corrected chi connectivity index (χ3v) is 1.54. The maximum atomic E-state index is 5.63. The molecule has 0 fully saturated rings. The Bertz CT molecular complexity index is 391. The second-order valence-corrected chi connectivity index (χ2v) is 2.49. The van der Waals surface area contributed by atoms with Crippen LogP contribution in [0.5, 0.6) is 0 Å². The Morgan fingerprint density at radius 3 is 3.00 bits per heavy atom. The van der Waals surface area contributed by atoms with Crippen molar-refractivity contribution in [2.45, 2.75) is 0 Å². The summed E-state index contributed by atoms with van der Waals surface area (Å²) in [7, 11) is 0. The van der Waals surface area contributed by atoms with E-state index >= 15 is 0 Å². The van der Waals surface area contributed by atoms with E-state index in [0.29, 0.717) is 5.15 Å². The molecule has 0 saturated carbocycles. The molecule has 4 heteroatoms. The molecule has 0 amide bonds. The zero-order valence-corrected chi connectivity index (χ0v) is 9.75. The molecule has 12 heavy (non-hydrogen) atoms. The average molecular weight is 252 g/mol. The molecule has 0 bridgehead atoms. The van der Waals surface area contributed by atoms with Gasteiger partial charge in [-0.3, -0.25) is 9.97 Å². The summed E-state index contributed by atoms with van der Waals surface area (Å²) in [5.74, 6) is 0. The summed E-state index contributed by atoms with van der Waals surface area (Å²) in [4.78, 5) is 8.11. The molecule has 0 aliphatic rings. The van der Waals surface area contributed by atoms with Gasteiger partial charge in [-0.2, -0.15) is 12.1 Å². The first kappa shape index (κ1) is 10.0. The maximum Gasteiger partial charge on any atom is 0.134 e. The quantitative estimate of drug-likeness (QED) is 0.671. The second-order valence-electron chi connectivity index (χ2n) is 2.11. The summed E-state index contributed by atoms with van der Waals surface area (Å²) in [5, 5.41) is 0.414. The van der Waals surface area contributed by atoms with Crippen molar-refractivity contribution in [2.24, 2.45) is 0 Å². The minimum Gasteiger partial charge on any atom is -0.299 e. The average Bonchev–Trinajstić information content (AvgIpc) is 2.04. The summed E-state index contributed by atoms with van der Waals surface area (Å²) in [6, 6.07) is 8.30. The molecule has 57 valence electrons. The number of hydrogen-bond donors (Lipinski definition) is 0. The zero-order chi connectivity index (χ0) is 7.68. The van der Waals surface area contributed by atoms with Crippen LogP contribution >= 0.6 is 11.6 Å². The van der Waals surface area contributed by atoms with E-state index in [4.69, 9.17) is 11.6 Å². The summed E-state index contributed by atoms with van der Waals surface area (Å²) in [5.41, 5.74) is 1.62. The number of benzene rings is 1. The zero-order valence-electron chi connectivity index (χ0n) is 6.16. The topological polar surface area (TPSA) is 25.8 Å². The van der Waals surface area contributed by atoms with E-state index in [1.165, 1.54) is 6.20 Å². The predicted molar refractivity (Wildman–Crippen MR) is 43.4 cm³/mol. The third-order valence-electron chi connectivity index (χ3n) is 1.36. The standard InChI is InChI=1S/C8H4ClN2.Y/c9-8-5-10-6-3-1-2-4-7(6)11-8;/h1,3-5H;/q-1;. The van der Waals surface area contributed by atoms with Gasteiger partial charge in [0.15, 0.2) is 0 Å². The van der Waals surface area contributed by atoms with Crippen molar-refractivity contribution in [1.82, 2.24) is 9.97 Å². The molecule has 0 saturated heterocycles. The molecule has 1 heterocycles. The Balaban J connectivity index is 0.000000720. The summed E-state index contributed by atoms with van der Waals surface area (Å²) < 4.78 is 0. The Kier molecular flexibility index (Phi) is 3.57. The normalized spacial score (nSPS) is 9.42. The second kappa shape index (κ2) is 4.26. The van der Waals surface area contributed by atoms with Crippen LogP contribution in [0.3, 0.4) is 0 Å². The van der Waals surface area contributed by atoms with Crippen LogP contribution in [-0.2, 0) is 32.7 Å². The first-order valence-corrected chi connectivity index (χ1v) is 3.52. The Labute approximate surface area is 100 Å². The molecule has 0 atom stereocenters. The molecule has 0 unspecified atom stereocenters. The molecule has 1 radical (unpaired) electrons. The van der Waals surface area contributed by atoms with E-state index in [-0.39, 0.29) is 32.7 Å². The van der Waals surface area contributed by atoms with Gasteiger partial charge in [0, 0.05) is 32.7 Å². The van der Waals surface area contributed by atoms with E-state index in [1.807, 2.05) is 6.07 Å². The predicted octanol–water partition coefficient (Wildman–Crippen LogP) is 2.08. The van der Waals surface area contributed by atoms with E-state index in [0.717, 1.165) is 11.0 Å². The van der Waals surface area contributed by atoms with Crippen molar-refractivity contribution in [2.75, 3.05) is 0 Å². The van der Waals surface area contributed by atoms with Gasteiger partial charge in [0.25, 0.3) is 0 Å². The van der Waals surface area contributed by atoms with Crippen molar-refractivity contribution < 1.29 is 32.7 Å². The number of aromatic nitrogens is 2. The Morgan fingerprint density at radius 1 is 1.33 bits per heavy atom. The largest absolute Gasteiger partial charge is 0.299 e. The van der Waals surface area contributed by atoms with Gasteiger partial charge in [-0.25, -0.2) is 0 Å². The molecule has 2 rings (SSSR count). The van der Waals surface area contributed by atoms with E-state index < -0.39 is 0 Å². The van der Waals surface area contributed by atoms with Gasteiger partial charge < -0.3 is 0 Å². The number of nitrogens with zero attached hydrogens (tertiary/aromatic N) is 2. The SMILES string of the molecule is Clc1cnc2cc[c-]cc2n1.[Y]. The maximum absolute atomic E-state index is 5.63. The smallest absolute Gasteiger partial charge is 0.134 e. The Morgan fingerprint density at radius 2 is 2.17 bits per heavy atom. The van der Waals surface area contributed by atoms with Gasteiger partial charge in [0.05, 0.1) is 6.20 Å². The van der Waals surface area contributed by atoms with Crippen molar-refractivity contribution in [3.8, 4) is 0 Å². The fourth-order valence-electron chi connectivity index (χ4n) is 0.879. The van der Waals surface area contributed by atoms with E-state index in [1.54, 1.807) is 12.1 Å². The van der Waals surface area contributed by atoms with Crippen LogP contribution in [-0.4, -0.2) is 9.97 Å². The molecule has 2 aromatic rings. The third kappa shape index (κ3) is 2.00. The van der Waals surface area contributed by atoms with Gasteiger partial charge in [0.2, 0.25) is 0 Å². The van der Waals surface area contributed by atoms with Gasteiger partial charge in [-0.15, -0.1) is 12.1 Å². The molecule has 1 aromatic heterocycles. The van der Waals surface area contributed by atoms with Crippen molar-refractivity contribution in [1.29, 1.82) is 0 Å². The van der Waals surface area contributed by atoms with Crippen LogP contribution in [0.15, 0.2) is 24.4 Å².